The Morgan fingerprint density at radius 2 is 2.11 bits per heavy atom. The van der Waals surface area contributed by atoms with Crippen LogP contribution in [0.4, 0.5) is 10.5 Å². The summed E-state index contributed by atoms with van der Waals surface area (Å²) in [6.45, 7) is 7.51. The van der Waals surface area contributed by atoms with E-state index < -0.39 is 11.7 Å². The first-order chi connectivity index (χ1) is 8.67. The standard InChI is InChI=1S/C14H19BrClNO2/c1-9(15)7-10-5-6-12(11(16)8-10)17-13(18)19-14(2,3)4/h5-6,8-9H,7H2,1-4H3,(H,17,18). The minimum Gasteiger partial charge on any atom is -0.444 e. The number of hydrogen-bond acceptors (Lipinski definition) is 2. The van der Waals surface area contributed by atoms with Crippen molar-refractivity contribution in [2.45, 2.75) is 44.5 Å². The number of carbonyl (C=O) groups excluding carboxylic acids is 1. The number of hydrogen-bond donors (Lipinski definition) is 1. The van der Waals surface area contributed by atoms with Gasteiger partial charge in [0.2, 0.25) is 0 Å². The van der Waals surface area contributed by atoms with Crippen molar-refractivity contribution in [3.63, 3.8) is 0 Å². The number of carbonyl (C=O) groups is 1. The zero-order valence-electron chi connectivity index (χ0n) is 11.6. The molecule has 0 saturated heterocycles. The van der Waals surface area contributed by atoms with Crippen molar-refractivity contribution in [2.75, 3.05) is 5.32 Å². The van der Waals surface area contributed by atoms with Crippen molar-refractivity contribution in [3.05, 3.63) is 28.8 Å². The van der Waals surface area contributed by atoms with E-state index in [9.17, 15) is 4.79 Å². The molecule has 1 N–H and O–H groups in total. The van der Waals surface area contributed by atoms with Crippen LogP contribution in [0.15, 0.2) is 18.2 Å². The zero-order chi connectivity index (χ0) is 14.6. The highest BCUT2D eigenvalue weighted by molar-refractivity contribution is 9.09. The predicted octanol–water partition coefficient (Wildman–Crippen LogP) is 5.01. The lowest BCUT2D eigenvalue weighted by molar-refractivity contribution is 0.0636. The SMILES string of the molecule is CC(Br)Cc1ccc(NC(=O)OC(C)(C)C)c(Cl)c1. The second-order valence-electron chi connectivity index (χ2n) is 5.43. The zero-order valence-corrected chi connectivity index (χ0v) is 13.9. The van der Waals surface area contributed by atoms with Gasteiger partial charge in [0.1, 0.15) is 5.60 Å². The number of rotatable bonds is 3. The van der Waals surface area contributed by atoms with Gasteiger partial charge >= 0.3 is 6.09 Å². The summed E-state index contributed by atoms with van der Waals surface area (Å²) in [5, 5.41) is 3.15. The van der Waals surface area contributed by atoms with E-state index in [4.69, 9.17) is 16.3 Å². The Morgan fingerprint density at radius 1 is 1.47 bits per heavy atom. The van der Waals surface area contributed by atoms with Crippen LogP contribution in [-0.4, -0.2) is 16.5 Å². The lowest BCUT2D eigenvalue weighted by atomic mass is 10.1. The molecule has 0 aliphatic rings. The van der Waals surface area contributed by atoms with Gasteiger partial charge in [-0.3, -0.25) is 5.32 Å². The highest BCUT2D eigenvalue weighted by Gasteiger charge is 2.17. The molecule has 19 heavy (non-hydrogen) atoms. The van der Waals surface area contributed by atoms with E-state index in [1.807, 2.05) is 32.9 Å². The molecule has 0 spiro atoms. The van der Waals surface area contributed by atoms with Gasteiger partial charge in [-0.1, -0.05) is 40.5 Å². The van der Waals surface area contributed by atoms with Crippen LogP contribution in [-0.2, 0) is 11.2 Å². The third-order valence-corrected chi connectivity index (χ3v) is 2.82. The van der Waals surface area contributed by atoms with Gasteiger partial charge in [0.15, 0.2) is 0 Å². The number of amides is 1. The number of nitrogens with one attached hydrogen (secondary N) is 1. The van der Waals surface area contributed by atoms with Crippen molar-refractivity contribution in [1.29, 1.82) is 0 Å². The average Bonchev–Trinajstić information content (AvgIpc) is 2.18. The Balaban J connectivity index is 2.72. The van der Waals surface area contributed by atoms with E-state index in [-0.39, 0.29) is 0 Å². The quantitative estimate of drug-likeness (QED) is 0.779. The maximum absolute atomic E-state index is 11.6. The first-order valence-corrected chi connectivity index (χ1v) is 7.39. The Kier molecular flexibility index (Phi) is 5.68. The van der Waals surface area contributed by atoms with E-state index >= 15 is 0 Å². The largest absolute Gasteiger partial charge is 0.444 e. The first kappa shape index (κ1) is 16.3. The molecule has 1 unspecified atom stereocenters. The highest BCUT2D eigenvalue weighted by atomic mass is 79.9. The molecular weight excluding hydrogens is 330 g/mol. The topological polar surface area (TPSA) is 38.3 Å². The molecule has 0 saturated carbocycles. The smallest absolute Gasteiger partial charge is 0.412 e. The van der Waals surface area contributed by atoms with E-state index in [0.29, 0.717) is 15.5 Å². The van der Waals surface area contributed by atoms with Gasteiger partial charge in [0.25, 0.3) is 0 Å². The lowest BCUT2D eigenvalue weighted by Crippen LogP contribution is -2.27. The van der Waals surface area contributed by atoms with Crippen LogP contribution in [0, 0.1) is 0 Å². The molecule has 0 aromatic heterocycles. The normalized spacial score (nSPS) is 12.9. The van der Waals surface area contributed by atoms with E-state index in [0.717, 1.165) is 12.0 Å². The third kappa shape index (κ3) is 6.30. The fraction of sp³-hybridized carbons (Fsp3) is 0.500. The van der Waals surface area contributed by atoms with Crippen LogP contribution in [0.25, 0.3) is 0 Å². The Morgan fingerprint density at radius 3 is 2.58 bits per heavy atom. The molecular formula is C14H19BrClNO2. The van der Waals surface area contributed by atoms with Crippen LogP contribution in [0.3, 0.4) is 0 Å². The second kappa shape index (κ2) is 6.62. The molecule has 106 valence electrons. The molecule has 1 aromatic carbocycles. The maximum Gasteiger partial charge on any atom is 0.412 e. The van der Waals surface area contributed by atoms with Gasteiger partial charge in [-0.05, 0) is 44.9 Å². The van der Waals surface area contributed by atoms with Crippen molar-refractivity contribution >= 4 is 39.3 Å². The number of benzene rings is 1. The molecule has 0 heterocycles. The molecule has 3 nitrogen and oxygen atoms in total. The summed E-state index contributed by atoms with van der Waals surface area (Å²) in [6.07, 6.45) is 0.378. The van der Waals surface area contributed by atoms with Crippen LogP contribution >= 0.6 is 27.5 Å². The van der Waals surface area contributed by atoms with Crippen LogP contribution < -0.4 is 5.32 Å². The molecule has 0 bridgehead atoms. The van der Waals surface area contributed by atoms with E-state index in [2.05, 4.69) is 28.2 Å². The lowest BCUT2D eigenvalue weighted by Gasteiger charge is -2.20. The van der Waals surface area contributed by atoms with Crippen LogP contribution in [0.5, 0.6) is 0 Å². The van der Waals surface area contributed by atoms with E-state index in [1.54, 1.807) is 6.07 Å². The number of anilines is 1. The number of alkyl halides is 1. The van der Waals surface area contributed by atoms with Crippen LogP contribution in [0.1, 0.15) is 33.3 Å². The molecule has 5 heteroatoms. The summed E-state index contributed by atoms with van der Waals surface area (Å²) < 4.78 is 5.18. The molecule has 1 atom stereocenters. The fourth-order valence-electron chi connectivity index (χ4n) is 1.53. The molecule has 1 aromatic rings. The summed E-state index contributed by atoms with van der Waals surface area (Å²) in [4.78, 5) is 12.0. The average molecular weight is 349 g/mol. The van der Waals surface area contributed by atoms with Gasteiger partial charge in [0, 0.05) is 4.83 Å². The van der Waals surface area contributed by atoms with Gasteiger partial charge < -0.3 is 4.74 Å². The van der Waals surface area contributed by atoms with Gasteiger partial charge in [-0.15, -0.1) is 0 Å². The van der Waals surface area contributed by atoms with Gasteiger partial charge in [-0.25, -0.2) is 4.79 Å². The minimum atomic E-state index is -0.526. The molecule has 1 amide bonds. The molecule has 1 rings (SSSR count). The number of ether oxygens (including phenoxy) is 1. The molecule has 0 fully saturated rings. The molecule has 0 radical (unpaired) electrons. The minimum absolute atomic E-state index is 0.383. The van der Waals surface area contributed by atoms with Gasteiger partial charge in [0.05, 0.1) is 10.7 Å². The summed E-state index contributed by atoms with van der Waals surface area (Å²) in [5.74, 6) is 0. The Hall–Kier alpha value is -0.740. The molecule has 0 aliphatic heterocycles. The first-order valence-electron chi connectivity index (χ1n) is 6.10. The third-order valence-electron chi connectivity index (χ3n) is 2.19. The Labute approximate surface area is 127 Å². The van der Waals surface area contributed by atoms with Crippen molar-refractivity contribution in [2.24, 2.45) is 0 Å². The summed E-state index contributed by atoms with van der Waals surface area (Å²) in [7, 11) is 0. The van der Waals surface area contributed by atoms with Crippen molar-refractivity contribution < 1.29 is 9.53 Å². The fourth-order valence-corrected chi connectivity index (χ4v) is 2.15. The number of halogens is 2. The van der Waals surface area contributed by atoms with Crippen LogP contribution in [0.2, 0.25) is 5.02 Å². The summed E-state index contributed by atoms with van der Waals surface area (Å²) in [5.41, 5.74) is 1.15. The summed E-state index contributed by atoms with van der Waals surface area (Å²) >= 11 is 9.64. The van der Waals surface area contributed by atoms with E-state index in [1.165, 1.54) is 0 Å². The van der Waals surface area contributed by atoms with Crippen molar-refractivity contribution in [1.82, 2.24) is 0 Å². The monoisotopic (exact) mass is 347 g/mol. The molecule has 0 aliphatic carbocycles. The predicted molar refractivity (Wildman–Crippen MR) is 83.4 cm³/mol. The summed E-state index contributed by atoms with van der Waals surface area (Å²) in [6, 6.07) is 5.58. The van der Waals surface area contributed by atoms with Gasteiger partial charge in [-0.2, -0.15) is 0 Å². The second-order valence-corrected chi connectivity index (χ2v) is 7.40. The highest BCUT2D eigenvalue weighted by Crippen LogP contribution is 2.25. The Bertz CT molecular complexity index is 455. The maximum atomic E-state index is 11.6. The van der Waals surface area contributed by atoms with Crippen molar-refractivity contribution in [3.8, 4) is 0 Å².